The number of carbonyl (C=O) groups excluding carboxylic acids is 1. The maximum Gasteiger partial charge on any atom is 0.337 e. The van der Waals surface area contributed by atoms with Gasteiger partial charge in [-0.1, -0.05) is 17.7 Å². The van der Waals surface area contributed by atoms with E-state index in [4.69, 9.17) is 26.1 Å². The molecule has 1 aromatic carbocycles. The highest BCUT2D eigenvalue weighted by Crippen LogP contribution is 2.28. The summed E-state index contributed by atoms with van der Waals surface area (Å²) in [5.74, 6) is 1.18. The molecule has 0 bridgehead atoms. The molecular weight excluding hydrogens is 440 g/mol. The van der Waals surface area contributed by atoms with Crippen LogP contribution in [0.2, 0.25) is 5.15 Å². The predicted molar refractivity (Wildman–Crippen MR) is 127 cm³/mol. The van der Waals surface area contributed by atoms with Gasteiger partial charge in [0.1, 0.15) is 11.0 Å². The largest absolute Gasteiger partial charge is 0.465 e. The molecule has 4 heterocycles. The fourth-order valence-corrected chi connectivity index (χ4v) is 4.98. The van der Waals surface area contributed by atoms with Crippen molar-refractivity contribution in [3.63, 3.8) is 0 Å². The van der Waals surface area contributed by atoms with Crippen molar-refractivity contribution in [1.29, 1.82) is 0 Å². The molecule has 0 aliphatic carbocycles. The standard InChI is InChI=1S/C25H29ClN4O3/c1-32-25(31)18-5-6-21-22(15-18)30(16-19-10-14-33-19)24(28-21)9-13-29-11-7-17(8-12-29)20-3-2-4-23(26)27-20/h2-6,15,17,19H,7-14,16H2,1H3/t19-/m0/s1. The Bertz CT molecular complexity index is 1140. The second-order valence-corrected chi connectivity index (χ2v) is 9.25. The molecule has 0 radical (unpaired) electrons. The third kappa shape index (κ3) is 4.90. The zero-order valence-electron chi connectivity index (χ0n) is 18.9. The van der Waals surface area contributed by atoms with E-state index in [2.05, 4.69) is 20.5 Å². The van der Waals surface area contributed by atoms with Gasteiger partial charge in [-0.15, -0.1) is 0 Å². The smallest absolute Gasteiger partial charge is 0.337 e. The number of rotatable bonds is 7. The topological polar surface area (TPSA) is 69.5 Å². The van der Waals surface area contributed by atoms with Crippen LogP contribution in [0.1, 0.15) is 47.1 Å². The van der Waals surface area contributed by atoms with E-state index in [1.807, 2.05) is 24.3 Å². The quantitative estimate of drug-likeness (QED) is 0.384. The molecule has 2 aliphatic rings. The minimum absolute atomic E-state index is 0.212. The predicted octanol–water partition coefficient (Wildman–Crippen LogP) is 4.08. The Kier molecular flexibility index (Phi) is 6.62. The number of imidazole rings is 1. The van der Waals surface area contributed by atoms with Crippen molar-refractivity contribution in [2.75, 3.05) is 33.4 Å². The van der Waals surface area contributed by atoms with E-state index in [0.717, 1.165) is 81.0 Å². The summed E-state index contributed by atoms with van der Waals surface area (Å²) in [7, 11) is 1.41. The molecule has 8 heteroatoms. The lowest BCUT2D eigenvalue weighted by atomic mass is 9.93. The second kappa shape index (κ2) is 9.79. The van der Waals surface area contributed by atoms with Gasteiger partial charge in [-0.05, 0) is 62.7 Å². The number of aromatic nitrogens is 3. The number of benzene rings is 1. The number of carbonyl (C=O) groups is 1. The third-order valence-electron chi connectivity index (χ3n) is 6.82. The van der Waals surface area contributed by atoms with Gasteiger partial charge in [0.2, 0.25) is 0 Å². The molecule has 2 fully saturated rings. The zero-order chi connectivity index (χ0) is 22.8. The molecule has 3 aromatic rings. The highest BCUT2D eigenvalue weighted by molar-refractivity contribution is 6.29. The van der Waals surface area contributed by atoms with Crippen molar-refractivity contribution in [2.45, 2.75) is 44.2 Å². The first-order valence-corrected chi connectivity index (χ1v) is 12.0. The van der Waals surface area contributed by atoms with Crippen molar-refractivity contribution < 1.29 is 14.3 Å². The van der Waals surface area contributed by atoms with Crippen LogP contribution in [0.3, 0.4) is 0 Å². The minimum Gasteiger partial charge on any atom is -0.465 e. The van der Waals surface area contributed by atoms with Crippen molar-refractivity contribution >= 4 is 28.6 Å². The Morgan fingerprint density at radius 1 is 1.18 bits per heavy atom. The Morgan fingerprint density at radius 2 is 2.00 bits per heavy atom. The summed E-state index contributed by atoms with van der Waals surface area (Å²) in [6.45, 7) is 4.61. The first-order valence-electron chi connectivity index (χ1n) is 11.6. The molecule has 33 heavy (non-hydrogen) atoms. The van der Waals surface area contributed by atoms with Gasteiger partial charge in [-0.2, -0.15) is 0 Å². The van der Waals surface area contributed by atoms with Gasteiger partial charge in [0.15, 0.2) is 0 Å². The molecule has 0 amide bonds. The van der Waals surface area contributed by atoms with Gasteiger partial charge in [0.25, 0.3) is 0 Å². The summed E-state index contributed by atoms with van der Waals surface area (Å²) < 4.78 is 12.8. The number of halogens is 1. The van der Waals surface area contributed by atoms with Crippen LogP contribution in [-0.4, -0.2) is 64.9 Å². The van der Waals surface area contributed by atoms with E-state index >= 15 is 0 Å². The summed E-state index contributed by atoms with van der Waals surface area (Å²) in [6, 6.07) is 11.5. The van der Waals surface area contributed by atoms with E-state index in [0.29, 0.717) is 16.6 Å². The van der Waals surface area contributed by atoms with Gasteiger partial charge in [-0.25, -0.2) is 14.8 Å². The summed E-state index contributed by atoms with van der Waals surface area (Å²) in [6.07, 6.45) is 4.30. The first-order chi connectivity index (χ1) is 16.1. The van der Waals surface area contributed by atoms with Crippen LogP contribution in [0.25, 0.3) is 11.0 Å². The summed E-state index contributed by atoms with van der Waals surface area (Å²) in [5.41, 5.74) is 3.52. The van der Waals surface area contributed by atoms with Crippen LogP contribution in [0, 0.1) is 0 Å². The average molecular weight is 469 g/mol. The number of fused-ring (bicyclic) bond motifs is 1. The highest BCUT2D eigenvalue weighted by atomic mass is 35.5. The Hall–Kier alpha value is -2.48. The van der Waals surface area contributed by atoms with Crippen LogP contribution in [0.5, 0.6) is 0 Å². The molecule has 0 N–H and O–H groups in total. The van der Waals surface area contributed by atoms with E-state index in [1.54, 1.807) is 6.07 Å². The van der Waals surface area contributed by atoms with Crippen LogP contribution in [0.15, 0.2) is 36.4 Å². The molecule has 1 atom stereocenters. The number of piperidine rings is 1. The maximum absolute atomic E-state index is 12.0. The molecule has 2 aromatic heterocycles. The summed E-state index contributed by atoms with van der Waals surface area (Å²) in [5, 5.41) is 0.569. The molecule has 7 nitrogen and oxygen atoms in total. The second-order valence-electron chi connectivity index (χ2n) is 8.87. The van der Waals surface area contributed by atoms with Gasteiger partial charge >= 0.3 is 5.97 Å². The maximum atomic E-state index is 12.0. The van der Waals surface area contributed by atoms with Gasteiger partial charge in [0, 0.05) is 31.2 Å². The molecule has 174 valence electrons. The summed E-state index contributed by atoms with van der Waals surface area (Å²) in [4.78, 5) is 24.0. The third-order valence-corrected chi connectivity index (χ3v) is 7.03. The van der Waals surface area contributed by atoms with Crippen LogP contribution >= 0.6 is 11.6 Å². The number of methoxy groups -OCH3 is 1. The fourth-order valence-electron chi connectivity index (χ4n) is 4.81. The van der Waals surface area contributed by atoms with Gasteiger partial charge < -0.3 is 18.9 Å². The Morgan fingerprint density at radius 3 is 2.70 bits per heavy atom. The SMILES string of the molecule is COC(=O)c1ccc2nc(CCN3CCC(c4cccc(Cl)n4)CC3)n(C[C@@H]3CCO3)c2c1. The Balaban J connectivity index is 1.28. The number of hydrogen-bond acceptors (Lipinski definition) is 6. The highest BCUT2D eigenvalue weighted by Gasteiger charge is 2.24. The Labute approximate surface area is 198 Å². The van der Waals surface area contributed by atoms with Crippen molar-refractivity contribution in [1.82, 2.24) is 19.4 Å². The number of pyridine rings is 1. The zero-order valence-corrected chi connectivity index (χ0v) is 19.6. The minimum atomic E-state index is -0.330. The van der Waals surface area contributed by atoms with E-state index in [9.17, 15) is 4.79 Å². The molecule has 0 spiro atoms. The molecule has 0 saturated carbocycles. The number of hydrogen-bond donors (Lipinski definition) is 0. The van der Waals surface area contributed by atoms with E-state index in [1.165, 1.54) is 7.11 Å². The first kappa shape index (κ1) is 22.3. The van der Waals surface area contributed by atoms with Crippen LogP contribution in [-0.2, 0) is 22.4 Å². The number of ether oxygens (including phenoxy) is 2. The van der Waals surface area contributed by atoms with Gasteiger partial charge in [-0.3, -0.25) is 0 Å². The van der Waals surface area contributed by atoms with Crippen molar-refractivity contribution in [3.8, 4) is 0 Å². The molecule has 0 unspecified atom stereocenters. The summed E-state index contributed by atoms with van der Waals surface area (Å²) >= 11 is 6.08. The normalized spacial score (nSPS) is 19.5. The number of likely N-dealkylation sites (tertiary alicyclic amines) is 1. The van der Waals surface area contributed by atoms with Crippen molar-refractivity contribution in [3.05, 3.63) is 58.6 Å². The van der Waals surface area contributed by atoms with E-state index < -0.39 is 0 Å². The molecule has 5 rings (SSSR count). The molecule has 2 saturated heterocycles. The molecular formula is C25H29ClN4O3. The lowest BCUT2D eigenvalue weighted by Gasteiger charge is -2.32. The number of nitrogens with zero attached hydrogens (tertiary/aromatic N) is 4. The average Bonchev–Trinajstić information content (AvgIpc) is 3.16. The number of esters is 1. The fraction of sp³-hybridized carbons (Fsp3) is 0.480. The monoisotopic (exact) mass is 468 g/mol. The molecule has 2 aliphatic heterocycles. The van der Waals surface area contributed by atoms with Crippen molar-refractivity contribution in [2.24, 2.45) is 0 Å². The lowest BCUT2D eigenvalue weighted by Crippen LogP contribution is -2.35. The van der Waals surface area contributed by atoms with E-state index in [-0.39, 0.29) is 12.1 Å². The lowest BCUT2D eigenvalue weighted by molar-refractivity contribution is -0.0590. The van der Waals surface area contributed by atoms with Crippen LogP contribution < -0.4 is 0 Å². The van der Waals surface area contributed by atoms with Crippen LogP contribution in [0.4, 0.5) is 0 Å². The van der Waals surface area contributed by atoms with Gasteiger partial charge in [0.05, 0.1) is 36.4 Å².